The number of hydrogen-bond donors (Lipinski definition) is 2. The molecule has 8 aromatic carbocycles. The van der Waals surface area contributed by atoms with Crippen LogP contribution in [0.25, 0.3) is 133 Å². The number of aromatic nitrogens is 8. The third-order valence-corrected chi connectivity index (χ3v) is 39.6. The number of unbranched alkanes of at least 4 members (excludes halogenated alkanes) is 56. The number of thioether (sulfide) groups is 8. The minimum absolute atomic E-state index is 0.654. The molecule has 0 atom stereocenters. The van der Waals surface area contributed by atoms with Crippen molar-refractivity contribution in [2.75, 3.05) is 46.0 Å². The van der Waals surface area contributed by atoms with Gasteiger partial charge in [-0.15, -0.1) is 94.1 Å². The van der Waals surface area contributed by atoms with Crippen LogP contribution in [-0.2, 0) is 0 Å². The third kappa shape index (κ3) is 37.8. The third-order valence-electron chi connectivity index (χ3n) is 30.0. The van der Waals surface area contributed by atoms with Crippen LogP contribution >= 0.6 is 94.1 Å². The van der Waals surface area contributed by atoms with E-state index >= 15 is 0 Å². The maximum atomic E-state index is 5.98. The Labute approximate surface area is 907 Å². The summed E-state index contributed by atoms with van der Waals surface area (Å²) < 4.78 is 0. The number of hydrogen-bond acceptors (Lipinski definition) is 14. The number of nitrogens with zero attached hydrogens (tertiary/aromatic N) is 6. The molecule has 0 spiro atoms. The van der Waals surface area contributed by atoms with Crippen LogP contribution in [0.3, 0.4) is 0 Å². The van der Waals surface area contributed by atoms with Gasteiger partial charge in [0, 0.05) is 83.0 Å². The fraction of sp³-hybridized carbons (Fsp3) is 0.625. The van der Waals surface area contributed by atoms with Gasteiger partial charge in [-0.2, -0.15) is 0 Å². The molecule has 2 aliphatic heterocycles. The van der Waals surface area contributed by atoms with Crippen molar-refractivity contribution in [3.05, 3.63) is 97.1 Å². The molecule has 11 aromatic rings. The zero-order chi connectivity index (χ0) is 100. The van der Waals surface area contributed by atoms with Crippen LogP contribution in [0.15, 0.2) is 136 Å². The quantitative estimate of drug-likeness (QED) is 0.0279. The Morgan fingerprint density at radius 2 is 0.271 bits per heavy atom. The van der Waals surface area contributed by atoms with E-state index in [4.69, 9.17) is 29.9 Å². The molecular formula is C128H186N8S8. The second-order valence-electron chi connectivity index (χ2n) is 42.4. The van der Waals surface area contributed by atoms with Crippen molar-refractivity contribution in [3.8, 4) is 45.6 Å². The van der Waals surface area contributed by atoms with Crippen molar-refractivity contribution in [2.24, 2.45) is 0 Å². The first kappa shape index (κ1) is 116. The van der Waals surface area contributed by atoms with E-state index in [1.54, 1.807) is 0 Å². The highest BCUT2D eigenvalue weighted by Gasteiger charge is 2.27. The molecule has 0 saturated heterocycles. The minimum Gasteiger partial charge on any atom is -0.324 e. The zero-order valence-electron chi connectivity index (χ0n) is 91.1. The molecule has 13 rings (SSSR count). The molecule has 0 aliphatic carbocycles. The first-order chi connectivity index (χ1) is 71.2. The average Bonchev–Trinajstić information content (AvgIpc) is 1.58. The highest BCUT2D eigenvalue weighted by Crippen LogP contribution is 2.48. The van der Waals surface area contributed by atoms with E-state index in [0.717, 1.165) is 112 Å². The molecule has 0 amide bonds. The molecule has 8 nitrogen and oxygen atoms in total. The van der Waals surface area contributed by atoms with Gasteiger partial charge in [0.15, 0.2) is 23.3 Å². The van der Waals surface area contributed by atoms with Crippen molar-refractivity contribution in [2.45, 2.75) is 505 Å². The molecule has 5 heterocycles. The van der Waals surface area contributed by atoms with Crippen LogP contribution in [0.1, 0.15) is 466 Å². The highest BCUT2D eigenvalue weighted by molar-refractivity contribution is 8.03. The SMILES string of the molecule is CCCCCCCCCCSc1cc2cc3c(cc2cc1SCCCCCCCCCC)-c1nc-3nc2[nH]c(nc3nc(nc4[nH]c(n1)c1cc5cc(SCCCCCCCCCC)c(SCCCCCCCCCC)cc5cc41)-c1cc4cc(SCCCCCCCCCC)c(SCCCCCCCCCC)cc4cc1-3)c1cc3cc(SCCCCCCCCCC)c(SCCCCCCCCCC)cc3cc21. The van der Waals surface area contributed by atoms with Gasteiger partial charge in [-0.1, -0.05) is 415 Å². The van der Waals surface area contributed by atoms with E-state index in [1.807, 2.05) is 0 Å². The molecule has 8 bridgehead atoms. The van der Waals surface area contributed by atoms with Crippen molar-refractivity contribution in [1.29, 1.82) is 0 Å². The van der Waals surface area contributed by atoms with Crippen LogP contribution in [0.4, 0.5) is 0 Å². The molecule has 2 aliphatic rings. The predicted molar refractivity (Wildman–Crippen MR) is 653 cm³/mol. The number of nitrogens with one attached hydrogen (secondary N) is 2. The first-order valence-corrected chi connectivity index (χ1v) is 67.4. The lowest BCUT2D eigenvalue weighted by atomic mass is 10.0. The highest BCUT2D eigenvalue weighted by atomic mass is 32.2. The first-order valence-electron chi connectivity index (χ1n) is 59.5. The zero-order valence-corrected chi connectivity index (χ0v) is 97.6. The lowest BCUT2D eigenvalue weighted by molar-refractivity contribution is 0.586. The fourth-order valence-corrected chi connectivity index (χ4v) is 30.3. The van der Waals surface area contributed by atoms with Gasteiger partial charge in [-0.3, -0.25) is 0 Å². The van der Waals surface area contributed by atoms with E-state index in [0.29, 0.717) is 23.3 Å². The van der Waals surface area contributed by atoms with Crippen molar-refractivity contribution < 1.29 is 0 Å². The molecule has 0 unspecified atom stereocenters. The monoisotopic (exact) mass is 2090 g/mol. The van der Waals surface area contributed by atoms with Gasteiger partial charge in [-0.05, 0) is 238 Å². The fourth-order valence-electron chi connectivity index (χ4n) is 21.1. The molecule has 2 N–H and O–H groups in total. The van der Waals surface area contributed by atoms with Gasteiger partial charge in [0.25, 0.3) is 0 Å². The van der Waals surface area contributed by atoms with E-state index in [-0.39, 0.29) is 0 Å². The number of H-pyrrole nitrogens is 2. The van der Waals surface area contributed by atoms with Gasteiger partial charge in [0.2, 0.25) is 0 Å². The number of rotatable bonds is 80. The van der Waals surface area contributed by atoms with Gasteiger partial charge >= 0.3 is 0 Å². The van der Waals surface area contributed by atoms with Crippen LogP contribution in [0.2, 0.25) is 0 Å². The molecule has 16 heteroatoms. The van der Waals surface area contributed by atoms with E-state index in [2.05, 4.69) is 257 Å². The Morgan fingerprint density at radius 3 is 0.410 bits per heavy atom. The summed E-state index contributed by atoms with van der Waals surface area (Å²) in [6.07, 6.45) is 84.7. The minimum atomic E-state index is 0.654. The van der Waals surface area contributed by atoms with E-state index in [1.165, 1.54) is 493 Å². The summed E-state index contributed by atoms with van der Waals surface area (Å²) >= 11 is 16.7. The summed E-state index contributed by atoms with van der Waals surface area (Å²) in [5.74, 6) is 11.6. The second-order valence-corrected chi connectivity index (χ2v) is 51.5. The summed E-state index contributed by atoms with van der Waals surface area (Å²) in [6, 6.07) is 39.7. The molecule has 3 aromatic heterocycles. The van der Waals surface area contributed by atoms with Gasteiger partial charge in [-0.25, -0.2) is 29.9 Å². The Morgan fingerprint density at radius 1 is 0.146 bits per heavy atom. The molecule has 0 radical (unpaired) electrons. The molecule has 0 saturated carbocycles. The summed E-state index contributed by atoms with van der Waals surface area (Å²) in [7, 11) is 0. The Balaban J connectivity index is 1.01. The topological polar surface area (TPSA) is 109 Å². The summed E-state index contributed by atoms with van der Waals surface area (Å²) in [4.78, 5) is 54.9. The number of fused-ring (bicyclic) bond motifs is 24. The lowest BCUT2D eigenvalue weighted by Crippen LogP contribution is -1.90. The molecule has 144 heavy (non-hydrogen) atoms. The summed E-state index contributed by atoms with van der Waals surface area (Å²) in [6.45, 7) is 18.6. The van der Waals surface area contributed by atoms with Gasteiger partial charge in [0.05, 0.1) is 0 Å². The number of aromatic amines is 2. The molecular weight excluding hydrogens is 1910 g/mol. The molecule has 786 valence electrons. The van der Waals surface area contributed by atoms with Crippen molar-refractivity contribution >= 4 is 181 Å². The number of benzene rings is 8. The molecule has 0 fully saturated rings. The Kier molecular flexibility index (Phi) is 54.9. The second kappa shape index (κ2) is 68.1. The standard InChI is InChI=1S/C128H186N8S8/c1-9-17-25-33-41-49-57-65-73-137-113-89-97-81-105-106(82-98(97)90-114(113)138-74-66-58-50-42-34-26-18-10-2)122-129-121(105)133-123-107-83-99-91-115(139-75-67-59-51-43-35-27-19-11-3)116(140-76-68-60-52-44-36-28-20-12-4)92-100(99)84-108(107)125(130-123)135-127-111-87-103-95-119(143-79-71-63-55-47-39-31-23-15-7)120(144-80-72-64-56-48-40-32-24-16-8)96-104(103)88-112(111)128(132-127)136-126-110-86-102-94-118(142-78-70-62-54-46-38-30-22-14-6)117(93-101(102)85-109(110)124(131-126)134-122)141-77-69-61-53-45-37-29-21-13-5/h81-96H,9-80H2,1-8H3,(H2,129,130,131,132,133,134,135,136). The summed E-state index contributed by atoms with van der Waals surface area (Å²) in [5.41, 5.74) is 6.95. The van der Waals surface area contributed by atoms with E-state index in [9.17, 15) is 0 Å². The van der Waals surface area contributed by atoms with Crippen molar-refractivity contribution in [3.63, 3.8) is 0 Å². The smallest absolute Gasteiger partial charge is 0.164 e. The Bertz CT molecular complexity index is 5090. The average molecular weight is 2090 g/mol. The maximum absolute atomic E-state index is 5.98. The van der Waals surface area contributed by atoms with Crippen LogP contribution in [0.5, 0.6) is 0 Å². The maximum Gasteiger partial charge on any atom is 0.164 e. The van der Waals surface area contributed by atoms with Crippen LogP contribution in [0, 0.1) is 0 Å². The van der Waals surface area contributed by atoms with Crippen LogP contribution in [-0.4, -0.2) is 85.9 Å². The predicted octanol–water partition coefficient (Wildman–Crippen LogP) is 45.3. The summed E-state index contributed by atoms with van der Waals surface area (Å²) in [5, 5.41) is 13.9. The van der Waals surface area contributed by atoms with E-state index < -0.39 is 0 Å². The Hall–Kier alpha value is -5.04. The van der Waals surface area contributed by atoms with Gasteiger partial charge < -0.3 is 9.97 Å². The van der Waals surface area contributed by atoms with Crippen LogP contribution < -0.4 is 0 Å². The van der Waals surface area contributed by atoms with Gasteiger partial charge in [0.1, 0.15) is 22.6 Å². The largest absolute Gasteiger partial charge is 0.324 e. The normalized spacial score (nSPS) is 12.2. The van der Waals surface area contributed by atoms with Crippen molar-refractivity contribution in [1.82, 2.24) is 39.9 Å². The lowest BCUT2D eigenvalue weighted by Gasteiger charge is -2.13.